The van der Waals surface area contributed by atoms with Crippen molar-refractivity contribution in [2.45, 2.75) is 0 Å². The molecule has 26 heavy (non-hydrogen) atoms. The number of esters is 2. The van der Waals surface area contributed by atoms with Gasteiger partial charge < -0.3 is 20.1 Å². The van der Waals surface area contributed by atoms with E-state index in [1.165, 1.54) is 24.3 Å². The van der Waals surface area contributed by atoms with Crippen molar-refractivity contribution < 1.29 is 28.7 Å². The van der Waals surface area contributed by atoms with E-state index in [2.05, 4.69) is 22.5 Å². The molecule has 0 bridgehead atoms. The Hall–Kier alpha value is -3.78. The number of terminal acetylenes is 2. The van der Waals surface area contributed by atoms with Gasteiger partial charge in [-0.3, -0.25) is 9.59 Å². The van der Waals surface area contributed by atoms with E-state index < -0.39 is 37.0 Å². The lowest BCUT2D eigenvalue weighted by molar-refractivity contribution is -0.124. The van der Waals surface area contributed by atoms with E-state index in [0.29, 0.717) is 0 Å². The van der Waals surface area contributed by atoms with E-state index in [0.717, 1.165) is 0 Å². The van der Waals surface area contributed by atoms with Gasteiger partial charge in [0.2, 0.25) is 0 Å². The molecule has 1 aromatic rings. The molecule has 1 rings (SSSR count). The van der Waals surface area contributed by atoms with E-state index >= 15 is 0 Å². The van der Waals surface area contributed by atoms with E-state index in [4.69, 9.17) is 22.3 Å². The van der Waals surface area contributed by atoms with Crippen molar-refractivity contribution in [2.24, 2.45) is 0 Å². The highest BCUT2D eigenvalue weighted by Gasteiger charge is 2.14. The molecule has 0 aliphatic carbocycles. The highest BCUT2D eigenvalue weighted by atomic mass is 16.5. The molecular weight excluding hydrogens is 340 g/mol. The van der Waals surface area contributed by atoms with Gasteiger partial charge in [-0.25, -0.2) is 9.59 Å². The number of ether oxygens (including phenoxy) is 2. The zero-order valence-corrected chi connectivity index (χ0v) is 13.7. The van der Waals surface area contributed by atoms with Crippen LogP contribution in [-0.2, 0) is 19.1 Å². The van der Waals surface area contributed by atoms with Crippen molar-refractivity contribution in [3.63, 3.8) is 0 Å². The van der Waals surface area contributed by atoms with Gasteiger partial charge in [0.05, 0.1) is 24.2 Å². The lowest BCUT2D eigenvalue weighted by Crippen LogP contribution is -2.29. The number of hydrogen-bond donors (Lipinski definition) is 2. The Balaban J connectivity index is 2.58. The Kier molecular flexibility index (Phi) is 8.49. The number of nitrogens with one attached hydrogen (secondary N) is 2. The van der Waals surface area contributed by atoms with E-state index in [-0.39, 0.29) is 24.2 Å². The maximum atomic E-state index is 11.9. The second kappa shape index (κ2) is 10.9. The standard InChI is InChI=1S/C18H16N2O6/c1-3-8-19-15(21)11-25-17(23)13-6-5-7-14(10-13)18(24)26-12-16(22)20-9-4-2/h1-2,5-7,10H,8-9,11-12H2,(H,19,21)(H,20,22). The monoisotopic (exact) mass is 356 g/mol. The Morgan fingerprint density at radius 3 is 1.65 bits per heavy atom. The van der Waals surface area contributed by atoms with Crippen molar-refractivity contribution in [1.82, 2.24) is 10.6 Å². The maximum absolute atomic E-state index is 11.9. The van der Waals surface area contributed by atoms with Crippen LogP contribution in [0.25, 0.3) is 0 Å². The fourth-order valence-electron chi connectivity index (χ4n) is 1.60. The van der Waals surface area contributed by atoms with Crippen LogP contribution in [0.3, 0.4) is 0 Å². The van der Waals surface area contributed by atoms with Gasteiger partial charge in [0.25, 0.3) is 11.8 Å². The van der Waals surface area contributed by atoms with Gasteiger partial charge >= 0.3 is 11.9 Å². The number of carbonyl (C=O) groups is 4. The predicted molar refractivity (Wildman–Crippen MR) is 90.7 cm³/mol. The van der Waals surface area contributed by atoms with Crippen LogP contribution in [0, 0.1) is 24.7 Å². The third-order valence-corrected chi connectivity index (χ3v) is 2.78. The van der Waals surface area contributed by atoms with Gasteiger partial charge in [-0.2, -0.15) is 0 Å². The Labute approximate surface area is 150 Å². The van der Waals surface area contributed by atoms with E-state index in [1.54, 1.807) is 0 Å². The number of amides is 2. The quantitative estimate of drug-likeness (QED) is 0.480. The molecule has 0 aliphatic heterocycles. The highest BCUT2D eigenvalue weighted by Crippen LogP contribution is 2.08. The Bertz CT molecular complexity index is 711. The van der Waals surface area contributed by atoms with Crippen molar-refractivity contribution in [3.05, 3.63) is 35.4 Å². The van der Waals surface area contributed by atoms with Crippen LogP contribution in [0.4, 0.5) is 0 Å². The summed E-state index contributed by atoms with van der Waals surface area (Å²) in [5.74, 6) is 1.70. The normalized spacial score (nSPS) is 9.15. The van der Waals surface area contributed by atoms with Crippen molar-refractivity contribution in [1.29, 1.82) is 0 Å². The number of benzene rings is 1. The molecule has 134 valence electrons. The average molecular weight is 356 g/mol. The van der Waals surface area contributed by atoms with E-state index in [1.807, 2.05) is 0 Å². The zero-order valence-electron chi connectivity index (χ0n) is 13.7. The van der Waals surface area contributed by atoms with Gasteiger partial charge in [0.1, 0.15) is 0 Å². The Morgan fingerprint density at radius 1 is 0.846 bits per heavy atom. The molecule has 0 fully saturated rings. The van der Waals surface area contributed by atoms with Crippen LogP contribution in [0.15, 0.2) is 24.3 Å². The summed E-state index contributed by atoms with van der Waals surface area (Å²) < 4.78 is 9.62. The first-order valence-electron chi connectivity index (χ1n) is 7.32. The molecule has 8 heteroatoms. The molecule has 0 atom stereocenters. The second-order valence-corrected chi connectivity index (χ2v) is 4.69. The molecule has 0 saturated carbocycles. The van der Waals surface area contributed by atoms with Crippen molar-refractivity contribution in [3.8, 4) is 24.7 Å². The predicted octanol–water partition coefficient (Wildman–Crippen LogP) is -0.501. The summed E-state index contributed by atoms with van der Waals surface area (Å²) in [5.41, 5.74) is 0.0852. The van der Waals surface area contributed by atoms with Gasteiger partial charge in [0, 0.05) is 0 Å². The van der Waals surface area contributed by atoms with Crippen molar-refractivity contribution >= 4 is 23.8 Å². The van der Waals surface area contributed by atoms with Crippen molar-refractivity contribution in [2.75, 3.05) is 26.3 Å². The molecule has 1 aromatic carbocycles. The second-order valence-electron chi connectivity index (χ2n) is 4.69. The number of carbonyl (C=O) groups excluding carboxylic acids is 4. The third kappa shape index (κ3) is 7.20. The fourth-order valence-corrected chi connectivity index (χ4v) is 1.60. The van der Waals surface area contributed by atoms with Crippen LogP contribution < -0.4 is 10.6 Å². The van der Waals surface area contributed by atoms with Gasteiger partial charge in [-0.15, -0.1) is 12.8 Å². The van der Waals surface area contributed by atoms with Crippen LogP contribution >= 0.6 is 0 Å². The summed E-state index contributed by atoms with van der Waals surface area (Å²) in [7, 11) is 0. The minimum Gasteiger partial charge on any atom is -0.452 e. The number of hydrogen-bond acceptors (Lipinski definition) is 6. The summed E-state index contributed by atoms with van der Waals surface area (Å²) in [6, 6.07) is 5.46. The van der Waals surface area contributed by atoms with Gasteiger partial charge in [-0.05, 0) is 18.2 Å². The van der Waals surface area contributed by atoms with Crippen LogP contribution in [0.2, 0.25) is 0 Å². The summed E-state index contributed by atoms with van der Waals surface area (Å²) in [5, 5.41) is 4.67. The first-order valence-corrected chi connectivity index (χ1v) is 7.32. The maximum Gasteiger partial charge on any atom is 0.338 e. The van der Waals surface area contributed by atoms with Gasteiger partial charge in [0.15, 0.2) is 13.2 Å². The summed E-state index contributed by atoms with van der Waals surface area (Å²) in [6.45, 7) is -0.978. The molecule has 8 nitrogen and oxygen atoms in total. The largest absolute Gasteiger partial charge is 0.452 e. The van der Waals surface area contributed by atoms with E-state index in [9.17, 15) is 19.2 Å². The minimum atomic E-state index is -0.803. The fraction of sp³-hybridized carbons (Fsp3) is 0.222. The molecule has 0 radical (unpaired) electrons. The first kappa shape index (κ1) is 20.3. The third-order valence-electron chi connectivity index (χ3n) is 2.78. The average Bonchev–Trinajstić information content (AvgIpc) is 2.66. The topological polar surface area (TPSA) is 111 Å². The molecule has 0 unspecified atom stereocenters. The minimum absolute atomic E-state index is 0.0205. The molecule has 0 heterocycles. The highest BCUT2D eigenvalue weighted by molar-refractivity contribution is 5.96. The van der Waals surface area contributed by atoms with Crippen LogP contribution in [-0.4, -0.2) is 50.1 Å². The molecule has 2 N–H and O–H groups in total. The molecule has 0 aliphatic rings. The molecule has 0 saturated heterocycles. The lowest BCUT2D eigenvalue weighted by Gasteiger charge is -2.07. The number of rotatable bonds is 8. The molecule has 0 spiro atoms. The summed E-state index contributed by atoms with van der Waals surface area (Å²) in [6.07, 6.45) is 9.97. The first-order chi connectivity index (χ1) is 12.5. The summed E-state index contributed by atoms with van der Waals surface area (Å²) >= 11 is 0. The summed E-state index contributed by atoms with van der Waals surface area (Å²) in [4.78, 5) is 46.5. The smallest absolute Gasteiger partial charge is 0.338 e. The van der Waals surface area contributed by atoms with Gasteiger partial charge in [-0.1, -0.05) is 17.9 Å². The lowest BCUT2D eigenvalue weighted by atomic mass is 10.1. The molecule has 2 amide bonds. The SMILES string of the molecule is C#CCNC(=O)COC(=O)c1cccc(C(=O)OCC(=O)NCC#C)c1. The van der Waals surface area contributed by atoms with Crippen LogP contribution in [0.5, 0.6) is 0 Å². The van der Waals surface area contributed by atoms with Crippen LogP contribution in [0.1, 0.15) is 20.7 Å². The molecule has 0 aromatic heterocycles. The zero-order chi connectivity index (χ0) is 19.4. The Morgan fingerprint density at radius 2 is 1.27 bits per heavy atom. The molecular formula is C18H16N2O6.